The molecular weight excluding hydrogens is 723 g/mol. The van der Waals surface area contributed by atoms with Crippen LogP contribution >= 0.6 is 7.82 Å². The van der Waals surface area contributed by atoms with E-state index < -0.39 is 32.5 Å². The van der Waals surface area contributed by atoms with Gasteiger partial charge in [0.1, 0.15) is 6.61 Å². The summed E-state index contributed by atoms with van der Waals surface area (Å²) in [7, 11) is -4.79. The number of carbonyl (C=O) groups excluding carboxylic acids is 2. The number of carbonyl (C=O) groups is 2. The number of ether oxygens (including phenoxy) is 2. The molecule has 0 saturated heterocycles. The van der Waals surface area contributed by atoms with Crippen molar-refractivity contribution in [1.29, 1.82) is 0 Å². The van der Waals surface area contributed by atoms with E-state index >= 15 is 0 Å². The molecule has 0 aliphatic carbocycles. The topological polar surface area (TPSA) is 119 Å². The van der Waals surface area contributed by atoms with Gasteiger partial charge in [-0.25, -0.2) is 4.57 Å². The Labute approximate surface area is 340 Å². The van der Waals surface area contributed by atoms with Crippen molar-refractivity contribution in [3.05, 3.63) is 109 Å². The molecule has 0 aliphatic rings. The summed E-state index contributed by atoms with van der Waals surface area (Å²) in [6.45, 7) is 3.52. The van der Waals surface area contributed by atoms with E-state index in [-0.39, 0.29) is 19.4 Å². The highest BCUT2D eigenvalue weighted by atomic mass is 31.2. The third-order valence-corrected chi connectivity index (χ3v) is 8.76. The van der Waals surface area contributed by atoms with Crippen LogP contribution in [0.25, 0.3) is 0 Å². The van der Waals surface area contributed by atoms with Crippen LogP contribution in [0.15, 0.2) is 109 Å². The number of phosphoric ester groups is 1. The van der Waals surface area contributed by atoms with Gasteiger partial charge in [0.15, 0.2) is 6.10 Å². The van der Waals surface area contributed by atoms with Gasteiger partial charge in [0.25, 0.3) is 0 Å². The van der Waals surface area contributed by atoms with Gasteiger partial charge in [0.2, 0.25) is 0 Å². The molecule has 9 heteroatoms. The lowest BCUT2D eigenvalue weighted by Crippen LogP contribution is -2.29. The zero-order chi connectivity index (χ0) is 41.1. The number of allylic oxidation sites excluding steroid dienone is 18. The second-order valence-corrected chi connectivity index (χ2v) is 14.8. The van der Waals surface area contributed by atoms with Gasteiger partial charge < -0.3 is 19.3 Å². The van der Waals surface area contributed by atoms with Crippen LogP contribution in [-0.4, -0.2) is 41.0 Å². The molecule has 0 aromatic heterocycles. The van der Waals surface area contributed by atoms with E-state index in [1.807, 2.05) is 12.2 Å². The third-order valence-electron chi connectivity index (χ3n) is 8.28. The van der Waals surface area contributed by atoms with Gasteiger partial charge in [-0.3, -0.25) is 14.1 Å². The summed E-state index contributed by atoms with van der Waals surface area (Å²) in [5.41, 5.74) is 0. The van der Waals surface area contributed by atoms with Crippen LogP contribution in [0.4, 0.5) is 0 Å². The molecule has 1 atom stereocenters. The average Bonchev–Trinajstić information content (AvgIpc) is 3.17. The molecule has 0 aromatic rings. The zero-order valence-corrected chi connectivity index (χ0v) is 35.6. The molecule has 0 rings (SSSR count). The summed E-state index contributed by atoms with van der Waals surface area (Å²) >= 11 is 0. The van der Waals surface area contributed by atoms with Gasteiger partial charge in [-0.1, -0.05) is 155 Å². The van der Waals surface area contributed by atoms with Crippen LogP contribution < -0.4 is 0 Å². The fraction of sp³-hybridized carbons (Fsp3) is 0.574. The molecule has 56 heavy (non-hydrogen) atoms. The monoisotopic (exact) mass is 799 g/mol. The largest absolute Gasteiger partial charge is 0.469 e. The molecule has 2 N–H and O–H groups in total. The van der Waals surface area contributed by atoms with Crippen molar-refractivity contribution >= 4 is 19.8 Å². The Morgan fingerprint density at radius 1 is 0.464 bits per heavy atom. The van der Waals surface area contributed by atoms with Crippen molar-refractivity contribution in [2.45, 2.75) is 161 Å². The first-order valence-electron chi connectivity index (χ1n) is 21.2. The van der Waals surface area contributed by atoms with Crippen molar-refractivity contribution in [3.8, 4) is 0 Å². The summed E-state index contributed by atoms with van der Waals surface area (Å²) in [6, 6.07) is 0. The molecule has 316 valence electrons. The molecule has 0 fully saturated rings. The SMILES string of the molecule is CCCCC/C=C\C/C=C\C/C=C\C/C=C\C/C=C\CCC(=O)O[C@H](COC(=O)CCCCC/C=C\C/C=C\C/C=C\C/C=C\CCCCC)COP(=O)(O)O. The summed E-state index contributed by atoms with van der Waals surface area (Å²) in [6.07, 6.45) is 58.2. The highest BCUT2D eigenvalue weighted by Crippen LogP contribution is 2.35. The number of hydrogen-bond donors (Lipinski definition) is 2. The second-order valence-electron chi connectivity index (χ2n) is 13.6. The molecule has 0 amide bonds. The Hall–Kier alpha value is -3.29. The van der Waals surface area contributed by atoms with Gasteiger partial charge in [-0.2, -0.15) is 0 Å². The van der Waals surface area contributed by atoms with Gasteiger partial charge in [0.05, 0.1) is 6.61 Å². The number of rotatable bonds is 37. The Morgan fingerprint density at radius 3 is 1.23 bits per heavy atom. The first-order chi connectivity index (χ1) is 27.3. The van der Waals surface area contributed by atoms with Crippen molar-refractivity contribution in [2.75, 3.05) is 13.2 Å². The van der Waals surface area contributed by atoms with E-state index in [0.717, 1.165) is 64.2 Å². The van der Waals surface area contributed by atoms with Crippen molar-refractivity contribution in [2.24, 2.45) is 0 Å². The fourth-order valence-corrected chi connectivity index (χ4v) is 5.46. The zero-order valence-electron chi connectivity index (χ0n) is 34.7. The van der Waals surface area contributed by atoms with Gasteiger partial charge in [0, 0.05) is 12.8 Å². The maximum Gasteiger partial charge on any atom is 0.469 e. The average molecular weight is 799 g/mol. The normalized spacial score (nSPS) is 13.6. The first kappa shape index (κ1) is 52.7. The highest BCUT2D eigenvalue weighted by molar-refractivity contribution is 7.46. The second kappa shape index (κ2) is 41.3. The quantitative estimate of drug-likeness (QED) is 0.0276. The van der Waals surface area contributed by atoms with Crippen LogP contribution in [0.2, 0.25) is 0 Å². The Morgan fingerprint density at radius 2 is 0.839 bits per heavy atom. The molecule has 8 nitrogen and oxygen atoms in total. The third kappa shape index (κ3) is 43.4. The summed E-state index contributed by atoms with van der Waals surface area (Å²) < 4.78 is 26.3. The minimum Gasteiger partial charge on any atom is -0.462 e. The molecule has 0 heterocycles. The minimum absolute atomic E-state index is 0.0743. The molecular formula is C47H75O8P. The summed E-state index contributed by atoms with van der Waals surface area (Å²) in [4.78, 5) is 42.8. The fourth-order valence-electron chi connectivity index (χ4n) is 5.10. The lowest BCUT2D eigenvalue weighted by Gasteiger charge is -2.18. The van der Waals surface area contributed by atoms with Gasteiger partial charge >= 0.3 is 19.8 Å². The van der Waals surface area contributed by atoms with Gasteiger partial charge in [-0.15, -0.1) is 0 Å². The predicted molar refractivity (Wildman–Crippen MR) is 234 cm³/mol. The van der Waals surface area contributed by atoms with E-state index in [2.05, 4.69) is 116 Å². The maximum atomic E-state index is 12.4. The maximum absolute atomic E-state index is 12.4. The van der Waals surface area contributed by atoms with E-state index in [1.165, 1.54) is 51.4 Å². The van der Waals surface area contributed by atoms with Crippen LogP contribution in [0.5, 0.6) is 0 Å². The van der Waals surface area contributed by atoms with E-state index in [4.69, 9.17) is 19.3 Å². The van der Waals surface area contributed by atoms with E-state index in [9.17, 15) is 14.2 Å². The van der Waals surface area contributed by atoms with Crippen LogP contribution in [0, 0.1) is 0 Å². The highest BCUT2D eigenvalue weighted by Gasteiger charge is 2.22. The van der Waals surface area contributed by atoms with Crippen molar-refractivity contribution < 1.29 is 37.9 Å². The molecule has 0 saturated carbocycles. The van der Waals surface area contributed by atoms with Crippen LogP contribution in [0.3, 0.4) is 0 Å². The lowest BCUT2D eigenvalue weighted by molar-refractivity contribution is -0.161. The number of phosphoric acid groups is 1. The minimum atomic E-state index is -4.79. The molecule has 0 aromatic carbocycles. The number of hydrogen-bond acceptors (Lipinski definition) is 6. The Balaban J connectivity index is 4.14. The molecule has 0 aliphatic heterocycles. The molecule has 0 unspecified atom stereocenters. The summed E-state index contributed by atoms with van der Waals surface area (Å²) in [5.74, 6) is -1.03. The smallest absolute Gasteiger partial charge is 0.462 e. The molecule has 0 spiro atoms. The number of unbranched alkanes of at least 4 members (excludes halogenated alkanes) is 9. The van der Waals surface area contributed by atoms with E-state index in [0.29, 0.717) is 12.8 Å². The summed E-state index contributed by atoms with van der Waals surface area (Å²) in [5, 5.41) is 0. The van der Waals surface area contributed by atoms with Crippen molar-refractivity contribution in [3.63, 3.8) is 0 Å². The molecule has 0 bridgehead atoms. The van der Waals surface area contributed by atoms with E-state index in [1.54, 1.807) is 0 Å². The molecule has 0 radical (unpaired) electrons. The van der Waals surface area contributed by atoms with Crippen LogP contribution in [0.1, 0.15) is 155 Å². The standard InChI is InChI=1S/C47H75O8P/c1-3-5-7-9-11-13-15-17-19-21-23-25-27-29-31-33-35-37-39-41-46(48)53-43-45(44-54-56(50,51)52)55-47(49)42-40-38-36-34-32-30-28-26-24-22-20-18-16-14-12-10-8-6-4-2/h11-14,17-20,23-26,29-32,36,38,45H,3-10,15-16,21-22,27-28,33-35,37,39-44H2,1-2H3,(H2,50,51,52)/b13-11-,14-12-,19-17-,20-18-,25-23-,26-24-,31-29-,32-30-,38-36-/t45-/m1/s1. The van der Waals surface area contributed by atoms with Crippen LogP contribution in [-0.2, 0) is 28.2 Å². The Bertz CT molecular complexity index is 1260. The lowest BCUT2D eigenvalue weighted by atomic mass is 10.1. The van der Waals surface area contributed by atoms with Crippen molar-refractivity contribution in [1.82, 2.24) is 0 Å². The van der Waals surface area contributed by atoms with Gasteiger partial charge in [-0.05, 0) is 96.3 Å². The predicted octanol–water partition coefficient (Wildman–Crippen LogP) is 13.2. The first-order valence-corrected chi connectivity index (χ1v) is 22.7. The Kier molecular flexibility index (Phi) is 38.9. The number of esters is 2.